The maximum absolute atomic E-state index is 10.3. The van der Waals surface area contributed by atoms with Crippen LogP contribution < -0.4 is 0 Å². The zero-order valence-electron chi connectivity index (χ0n) is 4.25. The van der Waals surface area contributed by atoms with Crippen LogP contribution in [0.5, 0.6) is 0 Å². The Kier molecular flexibility index (Phi) is 4.37. The minimum Gasteiger partial charge on any atom is -0.337 e. The number of hydrogen-bond donors (Lipinski definition) is 3. The summed E-state index contributed by atoms with van der Waals surface area (Å²) >= 11 is 11.9. The second-order valence-electron chi connectivity index (χ2n) is 1.11. The van der Waals surface area contributed by atoms with Gasteiger partial charge in [-0.15, -0.1) is 0 Å². The van der Waals surface area contributed by atoms with Crippen LogP contribution >= 0.6 is 37.6 Å². The first-order valence-electron chi connectivity index (χ1n) is 1.67. The molecule has 0 aliphatic heterocycles. The summed E-state index contributed by atoms with van der Waals surface area (Å²) in [5.41, 5.74) is -3.50. The molecule has 0 aliphatic rings. The SMILES string of the molecule is O=P(O)(OCl)OP(O)(=S)S. The maximum atomic E-state index is 10.3. The van der Waals surface area contributed by atoms with Crippen molar-refractivity contribution in [1.82, 2.24) is 0 Å². The lowest BCUT2D eigenvalue weighted by Gasteiger charge is -2.10. The molecule has 10 heavy (non-hydrogen) atoms. The van der Waals surface area contributed by atoms with Crippen LogP contribution in [0.15, 0.2) is 0 Å². The largest absolute Gasteiger partial charge is 0.494 e. The maximum Gasteiger partial charge on any atom is 0.494 e. The molecule has 0 saturated heterocycles. The van der Waals surface area contributed by atoms with Crippen molar-refractivity contribution in [3.63, 3.8) is 0 Å². The Morgan fingerprint density at radius 3 is 2.10 bits per heavy atom. The molecule has 0 aromatic carbocycles. The van der Waals surface area contributed by atoms with Crippen molar-refractivity contribution < 1.29 is 22.7 Å². The predicted octanol–water partition coefficient (Wildman–Crippen LogP) is 1.42. The molecule has 0 fully saturated rings. The van der Waals surface area contributed by atoms with E-state index in [0.29, 0.717) is 0 Å². The fourth-order valence-electron chi connectivity index (χ4n) is 0.147. The molecule has 0 saturated carbocycles. The molecule has 0 rings (SSSR count). The van der Waals surface area contributed by atoms with E-state index in [0.717, 1.165) is 0 Å². The van der Waals surface area contributed by atoms with Crippen LogP contribution in [0.2, 0.25) is 0 Å². The van der Waals surface area contributed by atoms with Crippen molar-refractivity contribution in [2.45, 2.75) is 0 Å². The van der Waals surface area contributed by atoms with Crippen LogP contribution in [0, 0.1) is 0 Å². The minimum atomic E-state index is -4.41. The van der Waals surface area contributed by atoms with Crippen LogP contribution in [-0.2, 0) is 24.8 Å². The molecule has 2 unspecified atom stereocenters. The fourth-order valence-corrected chi connectivity index (χ4v) is 3.14. The molecule has 10 heteroatoms. The lowest BCUT2D eigenvalue weighted by Crippen LogP contribution is -1.82. The van der Waals surface area contributed by atoms with Gasteiger partial charge in [-0.05, 0) is 11.8 Å². The highest BCUT2D eigenvalue weighted by molar-refractivity contribution is 8.60. The normalized spacial score (nSPS) is 23.2. The summed E-state index contributed by atoms with van der Waals surface area (Å²) in [6.45, 7) is 0. The van der Waals surface area contributed by atoms with Gasteiger partial charge in [-0.3, -0.25) is 0 Å². The summed E-state index contributed by atoms with van der Waals surface area (Å²) in [4.78, 5) is 17.0. The summed E-state index contributed by atoms with van der Waals surface area (Å²) in [6.07, 6.45) is 0. The molecule has 0 heterocycles. The van der Waals surface area contributed by atoms with E-state index < -0.39 is 13.5 Å². The smallest absolute Gasteiger partial charge is 0.337 e. The zero-order valence-corrected chi connectivity index (χ0v) is 8.50. The summed E-state index contributed by atoms with van der Waals surface area (Å²) in [7, 11) is -4.41. The lowest BCUT2D eigenvalue weighted by atomic mass is 15.7. The topological polar surface area (TPSA) is 76.0 Å². The standard InChI is InChI=1S/ClH3O5P2S2/c1-5-7(2,3)6-8(4,9)10/h(H,2,3)(H2,4,9,10). The van der Waals surface area contributed by atoms with Crippen LogP contribution in [0.25, 0.3) is 0 Å². The Balaban J connectivity index is 4.17. The summed E-state index contributed by atoms with van der Waals surface area (Å²) in [6, 6.07) is 0. The number of halogens is 1. The molecule has 0 bridgehead atoms. The van der Waals surface area contributed by atoms with Crippen molar-refractivity contribution in [2.24, 2.45) is 0 Å². The van der Waals surface area contributed by atoms with E-state index in [-0.39, 0.29) is 0 Å². The molecule has 5 nitrogen and oxygen atoms in total. The molecule has 0 aromatic rings. The van der Waals surface area contributed by atoms with E-state index in [1.165, 1.54) is 0 Å². The second kappa shape index (κ2) is 3.85. The summed E-state index contributed by atoms with van der Waals surface area (Å²) in [5.74, 6) is 0. The quantitative estimate of drug-likeness (QED) is 0.515. The van der Waals surface area contributed by atoms with E-state index in [4.69, 9.17) is 9.79 Å². The Labute approximate surface area is 72.4 Å². The molecule has 2 atom stereocenters. The molecule has 2 N–H and O–H groups in total. The van der Waals surface area contributed by atoms with Crippen molar-refractivity contribution in [3.05, 3.63) is 0 Å². The van der Waals surface area contributed by atoms with Gasteiger partial charge in [-0.1, -0.05) is 12.2 Å². The Morgan fingerprint density at radius 2 is 2.00 bits per heavy atom. The monoisotopic (exact) mass is 244 g/mol. The molecule has 0 radical (unpaired) electrons. The third kappa shape index (κ3) is 6.09. The van der Waals surface area contributed by atoms with Crippen LogP contribution in [0.1, 0.15) is 0 Å². The first-order chi connectivity index (χ1) is 4.27. The van der Waals surface area contributed by atoms with Gasteiger partial charge in [0.05, 0.1) is 11.9 Å². The lowest BCUT2D eigenvalue weighted by molar-refractivity contribution is 0.302. The number of rotatable bonds is 3. The average Bonchev–Trinajstić information content (AvgIpc) is 1.60. The first kappa shape index (κ1) is 11.4. The molecule has 0 amide bonds. The Hall–Kier alpha value is 1.36. The Bertz CT molecular complexity index is 196. The molecule has 0 aromatic heterocycles. The molecular weight excluding hydrogens is 242 g/mol. The van der Waals surface area contributed by atoms with Gasteiger partial charge < -0.3 is 9.79 Å². The number of hydrogen-bond acceptors (Lipinski definition) is 4. The highest BCUT2D eigenvalue weighted by Crippen LogP contribution is 2.62. The molecule has 0 aliphatic carbocycles. The van der Waals surface area contributed by atoms with Crippen LogP contribution in [-0.4, -0.2) is 9.79 Å². The van der Waals surface area contributed by atoms with Crippen molar-refractivity contribution in [2.75, 3.05) is 0 Å². The van der Waals surface area contributed by atoms with E-state index >= 15 is 0 Å². The van der Waals surface area contributed by atoms with Gasteiger partial charge in [0.15, 0.2) is 0 Å². The molecular formula is H3ClO5P2S2. The van der Waals surface area contributed by atoms with Gasteiger partial charge in [0.2, 0.25) is 0 Å². The predicted molar refractivity (Wildman–Crippen MR) is 43.3 cm³/mol. The number of thiol groups is 1. The second-order valence-corrected chi connectivity index (χ2v) is 8.16. The van der Waals surface area contributed by atoms with Gasteiger partial charge in [-0.2, -0.15) is 4.08 Å². The molecule has 62 valence electrons. The van der Waals surface area contributed by atoms with Crippen molar-refractivity contribution >= 4 is 49.4 Å². The van der Waals surface area contributed by atoms with E-state index in [2.05, 4.69) is 44.3 Å². The summed E-state index contributed by atoms with van der Waals surface area (Å²) < 4.78 is 17.6. The zero-order chi connectivity index (χ0) is 8.41. The average molecular weight is 245 g/mol. The summed E-state index contributed by atoms with van der Waals surface area (Å²) in [5, 5.41) is 0. The third-order valence-electron chi connectivity index (χ3n) is 0.297. The van der Waals surface area contributed by atoms with Crippen LogP contribution in [0.4, 0.5) is 0 Å². The van der Waals surface area contributed by atoms with Gasteiger partial charge in [0.25, 0.3) is 5.69 Å². The van der Waals surface area contributed by atoms with Crippen molar-refractivity contribution in [3.8, 4) is 0 Å². The fraction of sp³-hybridized carbons (Fsp3) is 0. The van der Waals surface area contributed by atoms with E-state index in [1.54, 1.807) is 0 Å². The van der Waals surface area contributed by atoms with E-state index in [9.17, 15) is 4.57 Å². The Morgan fingerprint density at radius 1 is 1.60 bits per heavy atom. The van der Waals surface area contributed by atoms with Crippen LogP contribution in [0.3, 0.4) is 0 Å². The highest BCUT2D eigenvalue weighted by atomic mass is 35.5. The third-order valence-corrected chi connectivity index (χ3v) is 3.93. The minimum absolute atomic E-state index is 3.29. The van der Waals surface area contributed by atoms with Gasteiger partial charge in [-0.25, -0.2) is 8.88 Å². The van der Waals surface area contributed by atoms with Gasteiger partial charge >= 0.3 is 7.82 Å². The first-order valence-corrected chi connectivity index (χ1v) is 7.30. The molecule has 0 spiro atoms. The van der Waals surface area contributed by atoms with E-state index in [1.807, 2.05) is 0 Å². The van der Waals surface area contributed by atoms with Gasteiger partial charge in [0.1, 0.15) is 0 Å². The highest BCUT2D eigenvalue weighted by Gasteiger charge is 2.27. The number of phosphoric acid groups is 1. The van der Waals surface area contributed by atoms with Gasteiger partial charge in [0, 0.05) is 0 Å². The van der Waals surface area contributed by atoms with Crippen molar-refractivity contribution in [1.29, 1.82) is 0 Å².